The van der Waals surface area contributed by atoms with E-state index in [-0.39, 0.29) is 5.97 Å². The highest BCUT2D eigenvalue weighted by atomic mass is 16.6. The fourth-order valence-electron chi connectivity index (χ4n) is 1.61. The smallest absolute Gasteiger partial charge is 0.357 e. The summed E-state index contributed by atoms with van der Waals surface area (Å²) in [5, 5.41) is 0. The molecule has 1 heterocycles. The molecule has 0 saturated heterocycles. The Morgan fingerprint density at radius 2 is 2.06 bits per heavy atom. The van der Waals surface area contributed by atoms with Crippen LogP contribution in [-0.4, -0.2) is 10.5 Å². The lowest BCUT2D eigenvalue weighted by Crippen LogP contribution is -2.30. The molecular formula is C13H23N2O2+. The molecule has 1 rings (SSSR count). The van der Waals surface area contributed by atoms with Crippen LogP contribution in [0, 0.1) is 0 Å². The van der Waals surface area contributed by atoms with Gasteiger partial charge in [-0.15, -0.1) is 0 Å². The topological polar surface area (TPSA) is 35.1 Å². The Hall–Kier alpha value is -1.32. The van der Waals surface area contributed by atoms with Gasteiger partial charge in [0.2, 0.25) is 0 Å². The van der Waals surface area contributed by atoms with Gasteiger partial charge in [-0.25, -0.2) is 0 Å². The molecule has 0 amide bonds. The summed E-state index contributed by atoms with van der Waals surface area (Å²) in [7, 11) is 1.89. The van der Waals surface area contributed by atoms with E-state index >= 15 is 0 Å². The Labute approximate surface area is 103 Å². The molecule has 0 aromatic carbocycles. The van der Waals surface area contributed by atoms with Crippen LogP contribution in [-0.2, 0) is 18.4 Å². The number of carbonyl (C=O) groups excluding carboxylic acids is 1. The number of hydrogen-bond donors (Lipinski definition) is 0. The average Bonchev–Trinajstić information content (AvgIpc) is 2.66. The normalized spacial score (nSPS) is 10.5. The van der Waals surface area contributed by atoms with Crippen molar-refractivity contribution in [1.82, 2.24) is 4.57 Å². The van der Waals surface area contributed by atoms with E-state index in [2.05, 4.69) is 13.8 Å². The minimum absolute atomic E-state index is 0.140. The molecule has 0 bridgehead atoms. The highest BCUT2D eigenvalue weighted by molar-refractivity contribution is 5.71. The van der Waals surface area contributed by atoms with Crippen LogP contribution in [0.15, 0.2) is 12.4 Å². The van der Waals surface area contributed by atoms with Crippen LogP contribution in [0.2, 0.25) is 0 Å². The predicted octanol–water partition coefficient (Wildman–Crippen LogP) is 2.21. The highest BCUT2D eigenvalue weighted by Gasteiger charge is 2.19. The summed E-state index contributed by atoms with van der Waals surface area (Å²) in [6.07, 6.45) is 8.49. The quantitative estimate of drug-likeness (QED) is 0.540. The lowest BCUT2D eigenvalue weighted by molar-refractivity contribution is -0.675. The maximum atomic E-state index is 11.6. The molecule has 0 fully saturated rings. The number of ether oxygens (including phenoxy) is 1. The first-order valence-electron chi connectivity index (χ1n) is 6.44. The van der Waals surface area contributed by atoms with E-state index in [1.807, 2.05) is 28.6 Å². The van der Waals surface area contributed by atoms with Crippen molar-refractivity contribution in [3.8, 4) is 6.01 Å². The summed E-state index contributed by atoms with van der Waals surface area (Å²) < 4.78 is 9.24. The van der Waals surface area contributed by atoms with Crippen LogP contribution >= 0.6 is 0 Å². The van der Waals surface area contributed by atoms with E-state index < -0.39 is 0 Å². The third-order valence-corrected chi connectivity index (χ3v) is 2.71. The van der Waals surface area contributed by atoms with Gasteiger partial charge in [0.15, 0.2) is 0 Å². The Morgan fingerprint density at radius 3 is 2.71 bits per heavy atom. The fourth-order valence-corrected chi connectivity index (χ4v) is 1.61. The van der Waals surface area contributed by atoms with Crippen LogP contribution < -0.4 is 9.30 Å². The molecule has 0 aliphatic rings. The highest BCUT2D eigenvalue weighted by Crippen LogP contribution is 2.08. The second-order valence-electron chi connectivity index (χ2n) is 4.32. The zero-order chi connectivity index (χ0) is 12.7. The molecule has 0 aliphatic heterocycles. The number of imidazole rings is 1. The number of aryl methyl sites for hydroxylation is 2. The van der Waals surface area contributed by atoms with Crippen molar-refractivity contribution in [1.29, 1.82) is 0 Å². The number of esters is 1. The summed E-state index contributed by atoms with van der Waals surface area (Å²) in [6.45, 7) is 5.11. The molecular weight excluding hydrogens is 216 g/mol. The van der Waals surface area contributed by atoms with Gasteiger partial charge in [0.05, 0.1) is 13.6 Å². The minimum atomic E-state index is -0.140. The van der Waals surface area contributed by atoms with E-state index in [1.54, 1.807) is 0 Å². The van der Waals surface area contributed by atoms with Crippen LogP contribution in [0.3, 0.4) is 0 Å². The summed E-state index contributed by atoms with van der Waals surface area (Å²) >= 11 is 0. The van der Waals surface area contributed by atoms with E-state index in [0.717, 1.165) is 32.2 Å². The zero-order valence-corrected chi connectivity index (χ0v) is 11.1. The van der Waals surface area contributed by atoms with E-state index in [1.165, 1.54) is 0 Å². The van der Waals surface area contributed by atoms with Gasteiger partial charge in [-0.2, -0.15) is 9.13 Å². The van der Waals surface area contributed by atoms with Crippen LogP contribution in [0.5, 0.6) is 6.01 Å². The molecule has 0 spiro atoms. The largest absolute Gasteiger partial charge is 0.463 e. The van der Waals surface area contributed by atoms with E-state index in [0.29, 0.717) is 12.4 Å². The van der Waals surface area contributed by atoms with Gasteiger partial charge in [0.25, 0.3) is 0 Å². The Kier molecular flexibility index (Phi) is 5.73. The van der Waals surface area contributed by atoms with E-state index in [4.69, 9.17) is 4.74 Å². The van der Waals surface area contributed by atoms with Crippen molar-refractivity contribution in [2.45, 2.75) is 52.5 Å². The molecule has 0 unspecified atom stereocenters. The van der Waals surface area contributed by atoms with Gasteiger partial charge >= 0.3 is 12.0 Å². The molecule has 4 heteroatoms. The first kappa shape index (κ1) is 13.7. The molecule has 0 atom stereocenters. The maximum Gasteiger partial charge on any atom is 0.463 e. The Balaban J connectivity index is 2.61. The summed E-state index contributed by atoms with van der Waals surface area (Å²) in [5.41, 5.74) is 0. The van der Waals surface area contributed by atoms with Crippen LogP contribution in [0.1, 0.15) is 46.0 Å². The fraction of sp³-hybridized carbons (Fsp3) is 0.692. The van der Waals surface area contributed by atoms with Crippen molar-refractivity contribution < 1.29 is 14.1 Å². The second kappa shape index (κ2) is 7.09. The molecule has 1 aromatic rings. The van der Waals surface area contributed by atoms with Crippen LogP contribution in [0.25, 0.3) is 0 Å². The van der Waals surface area contributed by atoms with Gasteiger partial charge in [-0.3, -0.25) is 4.79 Å². The summed E-state index contributed by atoms with van der Waals surface area (Å²) in [5.74, 6) is -0.140. The standard InChI is InChI=1S/C13H23N2O2/c1-4-6-8-12(16)17-13-14(3)10-11-15(13)9-7-5-2/h10-11H,4-9H2,1-3H3/q+1. The molecule has 17 heavy (non-hydrogen) atoms. The van der Waals surface area contributed by atoms with Crippen molar-refractivity contribution in [2.24, 2.45) is 7.05 Å². The molecule has 0 N–H and O–H groups in total. The summed E-state index contributed by atoms with van der Waals surface area (Å²) in [6, 6.07) is 0.638. The monoisotopic (exact) mass is 239 g/mol. The number of nitrogens with zero attached hydrogens (tertiary/aromatic N) is 2. The van der Waals surface area contributed by atoms with Gasteiger partial charge < -0.3 is 4.74 Å². The molecule has 0 saturated carbocycles. The second-order valence-corrected chi connectivity index (χ2v) is 4.32. The van der Waals surface area contributed by atoms with Crippen molar-refractivity contribution in [3.63, 3.8) is 0 Å². The number of hydrogen-bond acceptors (Lipinski definition) is 2. The lowest BCUT2D eigenvalue weighted by Gasteiger charge is -2.02. The molecule has 96 valence electrons. The maximum absolute atomic E-state index is 11.6. The zero-order valence-electron chi connectivity index (χ0n) is 11.1. The number of carbonyl (C=O) groups is 1. The van der Waals surface area contributed by atoms with Gasteiger partial charge in [-0.1, -0.05) is 26.7 Å². The number of unbranched alkanes of at least 4 members (excludes halogenated alkanes) is 2. The van der Waals surface area contributed by atoms with Crippen LogP contribution in [0.4, 0.5) is 0 Å². The average molecular weight is 239 g/mol. The third-order valence-electron chi connectivity index (χ3n) is 2.71. The van der Waals surface area contributed by atoms with Crippen molar-refractivity contribution in [2.75, 3.05) is 0 Å². The Morgan fingerprint density at radius 1 is 1.35 bits per heavy atom. The first-order chi connectivity index (χ1) is 8.19. The van der Waals surface area contributed by atoms with Crippen molar-refractivity contribution in [3.05, 3.63) is 12.4 Å². The first-order valence-corrected chi connectivity index (χ1v) is 6.44. The van der Waals surface area contributed by atoms with Gasteiger partial charge in [0.1, 0.15) is 12.4 Å². The molecule has 0 radical (unpaired) electrons. The molecule has 4 nitrogen and oxygen atoms in total. The number of rotatable bonds is 7. The Bertz CT molecular complexity index is 358. The minimum Gasteiger partial charge on any atom is -0.357 e. The van der Waals surface area contributed by atoms with Gasteiger partial charge in [0, 0.05) is 6.42 Å². The van der Waals surface area contributed by atoms with E-state index in [9.17, 15) is 4.79 Å². The summed E-state index contributed by atoms with van der Waals surface area (Å²) in [4.78, 5) is 11.6. The third kappa shape index (κ3) is 4.21. The molecule has 0 aliphatic carbocycles. The lowest BCUT2D eigenvalue weighted by atomic mass is 10.3. The molecule has 1 aromatic heterocycles. The SMILES string of the molecule is CCCCC(=O)Oc1n(CCCC)cc[n+]1C. The number of aromatic nitrogens is 2. The van der Waals surface area contributed by atoms with Gasteiger partial charge in [-0.05, 0) is 12.8 Å². The van der Waals surface area contributed by atoms with Crippen molar-refractivity contribution >= 4 is 5.97 Å². The predicted molar refractivity (Wildman–Crippen MR) is 65.7 cm³/mol.